The molecular formula is C30H28O13. The van der Waals surface area contributed by atoms with Crippen molar-refractivity contribution >= 4 is 28.7 Å². The van der Waals surface area contributed by atoms with Gasteiger partial charge in [0.05, 0.1) is 26.4 Å². The van der Waals surface area contributed by atoms with Crippen LogP contribution in [-0.4, -0.2) is 75.2 Å². The van der Waals surface area contributed by atoms with Crippen LogP contribution in [0.3, 0.4) is 0 Å². The molecule has 0 aliphatic carbocycles. The van der Waals surface area contributed by atoms with Gasteiger partial charge in [-0.25, -0.2) is 4.79 Å². The quantitative estimate of drug-likeness (QED) is 0.314. The number of benzene rings is 3. The highest BCUT2D eigenvalue weighted by Crippen LogP contribution is 2.50. The third kappa shape index (κ3) is 5.00. The number of hydrogen-bond acceptors (Lipinski definition) is 13. The van der Waals surface area contributed by atoms with Crippen LogP contribution < -0.4 is 23.7 Å². The second-order valence-electron chi connectivity index (χ2n) is 10.00. The monoisotopic (exact) mass is 596 g/mol. The van der Waals surface area contributed by atoms with Crippen molar-refractivity contribution in [1.29, 1.82) is 0 Å². The summed E-state index contributed by atoms with van der Waals surface area (Å²) in [5.41, 5.74) is 2.16. The largest absolute Gasteiger partial charge is 0.493 e. The number of aliphatic hydroxyl groups excluding tert-OH is 1. The van der Waals surface area contributed by atoms with E-state index in [1.807, 2.05) is 0 Å². The number of hydrogen-bond donors (Lipinski definition) is 1. The molecule has 3 heterocycles. The first-order chi connectivity index (χ1) is 20.7. The molecule has 0 amide bonds. The van der Waals surface area contributed by atoms with E-state index in [1.165, 1.54) is 28.1 Å². The minimum absolute atomic E-state index is 0.0244. The summed E-state index contributed by atoms with van der Waals surface area (Å²) in [6.07, 6.45) is -5.30. The second-order valence-corrected chi connectivity index (χ2v) is 10.00. The lowest BCUT2D eigenvalue weighted by molar-refractivity contribution is -0.253. The number of ether oxygens (including phenoxy) is 9. The molecule has 1 N–H and O–H groups in total. The molecule has 0 unspecified atom stereocenters. The normalized spacial score (nSPS) is 22.0. The van der Waals surface area contributed by atoms with Crippen LogP contribution in [0, 0.1) is 0 Å². The molecule has 0 spiro atoms. The summed E-state index contributed by atoms with van der Waals surface area (Å²) in [5, 5.41) is 12.3. The minimum atomic E-state index is -1.57. The number of rotatable bonds is 7. The Hall–Kier alpha value is -4.75. The molecule has 0 aromatic heterocycles. The first-order valence-electron chi connectivity index (χ1n) is 13.3. The van der Waals surface area contributed by atoms with Gasteiger partial charge in [-0.3, -0.25) is 9.59 Å². The Labute approximate surface area is 245 Å². The summed E-state index contributed by atoms with van der Waals surface area (Å²) < 4.78 is 50.4. The van der Waals surface area contributed by atoms with Gasteiger partial charge in [-0.05, 0) is 35.2 Å². The predicted molar refractivity (Wildman–Crippen MR) is 145 cm³/mol. The van der Waals surface area contributed by atoms with Gasteiger partial charge in [-0.15, -0.1) is 0 Å². The Kier molecular flexibility index (Phi) is 7.36. The third-order valence-corrected chi connectivity index (χ3v) is 7.31. The highest BCUT2D eigenvalue weighted by atomic mass is 16.7. The van der Waals surface area contributed by atoms with Gasteiger partial charge in [0.1, 0.15) is 6.61 Å². The fraction of sp³-hybridized carbons (Fsp3) is 0.367. The van der Waals surface area contributed by atoms with Crippen molar-refractivity contribution in [2.24, 2.45) is 0 Å². The Balaban J connectivity index is 1.51. The van der Waals surface area contributed by atoms with E-state index >= 15 is 0 Å². The van der Waals surface area contributed by atoms with E-state index in [4.69, 9.17) is 42.6 Å². The topological polar surface area (TPSA) is 155 Å². The maximum Gasteiger partial charge on any atom is 0.339 e. The number of fused-ring (bicyclic) bond motifs is 3. The summed E-state index contributed by atoms with van der Waals surface area (Å²) in [6.45, 7) is 2.23. The molecule has 13 nitrogen and oxygen atoms in total. The zero-order valence-electron chi connectivity index (χ0n) is 23.7. The molecule has 1 fully saturated rings. The van der Waals surface area contributed by atoms with Crippen LogP contribution >= 0.6 is 0 Å². The average Bonchev–Trinajstić information content (AvgIpc) is 3.60. The number of methoxy groups -OCH3 is 2. The van der Waals surface area contributed by atoms with E-state index in [0.717, 1.165) is 0 Å². The number of carbonyl (C=O) groups excluding carboxylic acids is 3. The van der Waals surface area contributed by atoms with Crippen LogP contribution in [0.4, 0.5) is 0 Å². The van der Waals surface area contributed by atoms with Crippen molar-refractivity contribution in [3.63, 3.8) is 0 Å². The highest BCUT2D eigenvalue weighted by molar-refractivity contribution is 6.13. The van der Waals surface area contributed by atoms with Gasteiger partial charge in [0.25, 0.3) is 0 Å². The van der Waals surface area contributed by atoms with Crippen LogP contribution in [0.1, 0.15) is 29.8 Å². The van der Waals surface area contributed by atoms with E-state index < -0.39 is 42.5 Å². The van der Waals surface area contributed by atoms with Crippen molar-refractivity contribution in [2.75, 3.05) is 27.6 Å². The first-order valence-corrected chi connectivity index (χ1v) is 13.3. The molecule has 6 rings (SSSR count). The van der Waals surface area contributed by atoms with Crippen molar-refractivity contribution in [2.45, 2.75) is 45.1 Å². The molecule has 13 heteroatoms. The van der Waals surface area contributed by atoms with Crippen molar-refractivity contribution in [3.8, 4) is 39.9 Å². The number of esters is 3. The number of cyclic esters (lactones) is 1. The first kappa shape index (κ1) is 28.4. The summed E-state index contributed by atoms with van der Waals surface area (Å²) in [7, 11) is 2.87. The van der Waals surface area contributed by atoms with Crippen LogP contribution in [0.25, 0.3) is 21.9 Å². The maximum atomic E-state index is 13.0. The van der Waals surface area contributed by atoms with Crippen LogP contribution in [-0.2, 0) is 35.1 Å². The second kappa shape index (κ2) is 11.2. The summed E-state index contributed by atoms with van der Waals surface area (Å²) in [5.74, 6) is -0.171. The number of carbonyl (C=O) groups is 3. The molecule has 0 saturated carbocycles. The molecule has 3 aromatic carbocycles. The molecule has 43 heavy (non-hydrogen) atoms. The lowest BCUT2D eigenvalue weighted by atomic mass is 9.89. The maximum absolute atomic E-state index is 13.0. The fourth-order valence-electron chi connectivity index (χ4n) is 5.53. The Bertz CT molecular complexity index is 1630. The van der Waals surface area contributed by atoms with Crippen molar-refractivity contribution in [1.82, 2.24) is 0 Å². The van der Waals surface area contributed by atoms with Crippen LogP contribution in [0.15, 0.2) is 30.3 Å². The predicted octanol–water partition coefficient (Wildman–Crippen LogP) is 2.88. The Morgan fingerprint density at radius 2 is 1.65 bits per heavy atom. The lowest BCUT2D eigenvalue weighted by Crippen LogP contribution is -2.57. The molecular weight excluding hydrogens is 568 g/mol. The van der Waals surface area contributed by atoms with Gasteiger partial charge in [0.2, 0.25) is 18.8 Å². The summed E-state index contributed by atoms with van der Waals surface area (Å²) in [6, 6.07) is 8.78. The van der Waals surface area contributed by atoms with Gasteiger partial charge in [-0.1, -0.05) is 6.07 Å². The Morgan fingerprint density at radius 3 is 2.37 bits per heavy atom. The van der Waals surface area contributed by atoms with Crippen molar-refractivity contribution in [3.05, 3.63) is 41.5 Å². The average molecular weight is 597 g/mol. The summed E-state index contributed by atoms with van der Waals surface area (Å²) >= 11 is 0. The third-order valence-electron chi connectivity index (χ3n) is 7.31. The minimum Gasteiger partial charge on any atom is -0.493 e. The van der Waals surface area contributed by atoms with Gasteiger partial charge in [0.15, 0.2) is 41.3 Å². The molecule has 226 valence electrons. The summed E-state index contributed by atoms with van der Waals surface area (Å²) in [4.78, 5) is 36.5. The zero-order valence-corrected chi connectivity index (χ0v) is 23.7. The van der Waals surface area contributed by atoms with E-state index in [9.17, 15) is 19.5 Å². The molecule has 1 saturated heterocycles. The standard InChI is InChI=1S/C30H28O13/c1-13(31)41-22-11-38-30(25(33)27(22)42-14(2)32)43-26-18-7-16-10-37-29(34)24(16)23(17(18)9-21(35-3)28(26)36-4)15-5-6-19-20(8-15)40-12-39-19/h5-9,22,25,27,30,33H,10-12H2,1-4H3/t22-,25+,27-,30-/m0/s1. The van der Waals surface area contributed by atoms with Gasteiger partial charge in [0, 0.05) is 30.4 Å². The van der Waals surface area contributed by atoms with Crippen LogP contribution in [0.2, 0.25) is 0 Å². The van der Waals surface area contributed by atoms with Gasteiger partial charge in [-0.2, -0.15) is 0 Å². The smallest absolute Gasteiger partial charge is 0.339 e. The highest BCUT2D eigenvalue weighted by Gasteiger charge is 2.46. The van der Waals surface area contributed by atoms with Gasteiger partial charge < -0.3 is 47.7 Å². The van der Waals surface area contributed by atoms with Crippen LogP contribution in [0.5, 0.6) is 28.7 Å². The zero-order chi connectivity index (χ0) is 30.4. The molecule has 3 aliphatic rings. The Morgan fingerprint density at radius 1 is 0.884 bits per heavy atom. The molecule has 3 aromatic rings. The molecule has 0 bridgehead atoms. The fourth-order valence-corrected chi connectivity index (χ4v) is 5.53. The van der Waals surface area contributed by atoms with E-state index in [0.29, 0.717) is 44.5 Å². The molecule has 3 aliphatic heterocycles. The van der Waals surface area contributed by atoms with Gasteiger partial charge >= 0.3 is 17.9 Å². The SMILES string of the molecule is COc1cc2c(-c3ccc4c(c3)OCO4)c3c(cc2c(O[C@@H]2OC[C@H](OC(C)=O)[C@H](OC(C)=O)[C@H]2O)c1OC)COC3=O. The van der Waals surface area contributed by atoms with Crippen molar-refractivity contribution < 1.29 is 62.1 Å². The number of aliphatic hydroxyl groups is 1. The molecule has 0 radical (unpaired) electrons. The molecule has 4 atom stereocenters. The lowest BCUT2D eigenvalue weighted by Gasteiger charge is -2.38. The van der Waals surface area contributed by atoms with E-state index in [2.05, 4.69) is 0 Å². The van der Waals surface area contributed by atoms with E-state index in [-0.39, 0.29) is 37.3 Å². The van der Waals surface area contributed by atoms with E-state index in [1.54, 1.807) is 30.3 Å².